The number of nitrogens with one attached hydrogen (secondary N) is 1. The Morgan fingerprint density at radius 2 is 2.14 bits per heavy atom. The van der Waals surface area contributed by atoms with Crippen molar-refractivity contribution >= 4 is 0 Å². The van der Waals surface area contributed by atoms with Crippen LogP contribution < -0.4 is 5.56 Å². The zero-order valence-corrected chi connectivity index (χ0v) is 11.7. The fourth-order valence-electron chi connectivity index (χ4n) is 2.44. The highest BCUT2D eigenvalue weighted by atomic mass is 16.5. The van der Waals surface area contributed by atoms with Crippen molar-refractivity contribution in [3.8, 4) is 17.0 Å². The number of hydrogen-bond donors (Lipinski definition) is 2. The van der Waals surface area contributed by atoms with E-state index < -0.39 is 0 Å². The van der Waals surface area contributed by atoms with E-state index in [1.807, 2.05) is 13.1 Å². The molecule has 0 spiro atoms. The summed E-state index contributed by atoms with van der Waals surface area (Å²) in [6.07, 6.45) is -0.327. The van der Waals surface area contributed by atoms with Crippen LogP contribution in [0.4, 0.5) is 0 Å². The molecule has 0 amide bonds. The topological polar surface area (TPSA) is 78.5 Å². The first-order valence-electron chi connectivity index (χ1n) is 6.84. The van der Waals surface area contributed by atoms with Gasteiger partial charge in [0.15, 0.2) is 0 Å². The molecule has 1 aliphatic heterocycles. The van der Waals surface area contributed by atoms with E-state index in [1.165, 1.54) is 0 Å². The van der Waals surface area contributed by atoms with Gasteiger partial charge < -0.3 is 19.7 Å². The predicted octanol–water partition coefficient (Wildman–Crippen LogP) is 1.15. The van der Waals surface area contributed by atoms with Crippen LogP contribution in [0.1, 0.15) is 11.9 Å². The van der Waals surface area contributed by atoms with Crippen LogP contribution in [-0.4, -0.2) is 46.7 Å². The van der Waals surface area contributed by atoms with Gasteiger partial charge in [-0.2, -0.15) is 4.98 Å². The summed E-state index contributed by atoms with van der Waals surface area (Å²) in [4.78, 5) is 21.2. The molecule has 2 aromatic rings. The summed E-state index contributed by atoms with van der Waals surface area (Å²) >= 11 is 0. The molecule has 1 saturated heterocycles. The zero-order chi connectivity index (χ0) is 14.8. The summed E-state index contributed by atoms with van der Waals surface area (Å²) in [7, 11) is 1.98. The van der Waals surface area contributed by atoms with Gasteiger partial charge in [-0.15, -0.1) is 0 Å². The third-order valence-electron chi connectivity index (χ3n) is 3.56. The molecule has 1 unspecified atom stereocenters. The van der Waals surface area contributed by atoms with Gasteiger partial charge in [-0.05, 0) is 12.6 Å². The third kappa shape index (κ3) is 2.81. The molecule has 0 aliphatic carbocycles. The Morgan fingerprint density at radius 3 is 2.81 bits per heavy atom. The fraction of sp³-hybridized carbons (Fsp3) is 0.333. The third-order valence-corrected chi connectivity index (χ3v) is 3.56. The van der Waals surface area contributed by atoms with Gasteiger partial charge >= 0.3 is 0 Å². The molecular weight excluding hydrogens is 270 g/mol. The minimum Gasteiger partial charge on any atom is -0.493 e. The Balaban J connectivity index is 1.99. The van der Waals surface area contributed by atoms with E-state index >= 15 is 0 Å². The number of aromatic nitrogens is 2. The minimum absolute atomic E-state index is 0.184. The summed E-state index contributed by atoms with van der Waals surface area (Å²) in [5.74, 6) is 0.0977. The summed E-state index contributed by atoms with van der Waals surface area (Å²) < 4.78 is 5.60. The summed E-state index contributed by atoms with van der Waals surface area (Å²) in [6.45, 7) is 2.05. The van der Waals surface area contributed by atoms with Crippen molar-refractivity contribution in [2.45, 2.75) is 6.10 Å². The van der Waals surface area contributed by atoms with Crippen molar-refractivity contribution < 1.29 is 9.84 Å². The van der Waals surface area contributed by atoms with Crippen molar-refractivity contribution in [3.05, 3.63) is 46.5 Å². The lowest BCUT2D eigenvalue weighted by molar-refractivity contribution is -0.0258. The van der Waals surface area contributed by atoms with Gasteiger partial charge in [0.05, 0.1) is 6.61 Å². The maximum atomic E-state index is 12.3. The molecule has 0 saturated carbocycles. The van der Waals surface area contributed by atoms with Gasteiger partial charge in [0.25, 0.3) is 5.56 Å². The second-order valence-corrected chi connectivity index (χ2v) is 5.14. The molecule has 2 heterocycles. The molecule has 3 rings (SSSR count). The SMILES string of the molecule is CN1CCOC(c2nc(O)c(-c3ccccc3)c(=O)[nH]2)C1. The van der Waals surface area contributed by atoms with Crippen LogP contribution >= 0.6 is 0 Å². The van der Waals surface area contributed by atoms with E-state index in [0.29, 0.717) is 24.5 Å². The van der Waals surface area contributed by atoms with Crippen molar-refractivity contribution in [2.75, 3.05) is 26.7 Å². The lowest BCUT2D eigenvalue weighted by atomic mass is 10.1. The maximum Gasteiger partial charge on any atom is 0.262 e. The summed E-state index contributed by atoms with van der Waals surface area (Å²) in [6, 6.07) is 8.98. The van der Waals surface area contributed by atoms with E-state index in [4.69, 9.17) is 4.74 Å². The first-order valence-corrected chi connectivity index (χ1v) is 6.84. The number of aromatic hydroxyl groups is 1. The molecule has 6 nitrogen and oxygen atoms in total. The highest BCUT2D eigenvalue weighted by Gasteiger charge is 2.23. The molecule has 2 N–H and O–H groups in total. The number of aromatic amines is 1. The van der Waals surface area contributed by atoms with E-state index in [1.54, 1.807) is 24.3 Å². The molecule has 1 aromatic heterocycles. The normalized spacial score (nSPS) is 19.6. The molecule has 0 radical (unpaired) electrons. The van der Waals surface area contributed by atoms with E-state index in [-0.39, 0.29) is 23.1 Å². The highest BCUT2D eigenvalue weighted by Crippen LogP contribution is 2.25. The fourth-order valence-corrected chi connectivity index (χ4v) is 2.44. The lowest BCUT2D eigenvalue weighted by Gasteiger charge is -2.29. The van der Waals surface area contributed by atoms with E-state index in [0.717, 1.165) is 6.54 Å². The Labute approximate surface area is 122 Å². The van der Waals surface area contributed by atoms with Gasteiger partial charge in [0.2, 0.25) is 5.88 Å². The molecule has 1 atom stereocenters. The molecule has 6 heteroatoms. The lowest BCUT2D eigenvalue weighted by Crippen LogP contribution is -2.36. The maximum absolute atomic E-state index is 12.3. The second kappa shape index (κ2) is 5.67. The Bertz CT molecular complexity index is 684. The molecule has 110 valence electrons. The van der Waals surface area contributed by atoms with Crippen molar-refractivity contribution in [2.24, 2.45) is 0 Å². The monoisotopic (exact) mass is 287 g/mol. The number of hydrogen-bond acceptors (Lipinski definition) is 5. The van der Waals surface area contributed by atoms with Crippen LogP contribution in [-0.2, 0) is 4.74 Å². The van der Waals surface area contributed by atoms with Crippen molar-refractivity contribution in [3.63, 3.8) is 0 Å². The van der Waals surface area contributed by atoms with E-state index in [2.05, 4.69) is 14.9 Å². The van der Waals surface area contributed by atoms with Crippen LogP contribution in [0, 0.1) is 0 Å². The van der Waals surface area contributed by atoms with Crippen LogP contribution in [0.3, 0.4) is 0 Å². The molecule has 1 aliphatic rings. The Kier molecular flexibility index (Phi) is 3.72. The van der Waals surface area contributed by atoms with Gasteiger partial charge in [-0.25, -0.2) is 0 Å². The molecule has 1 aromatic carbocycles. The standard InChI is InChI=1S/C15H17N3O3/c1-18-7-8-21-11(9-18)13-16-14(19)12(15(20)17-13)10-5-3-2-4-6-10/h2-6,11H,7-9H2,1H3,(H2,16,17,19,20). The summed E-state index contributed by atoms with van der Waals surface area (Å²) in [5.41, 5.74) is 0.459. The summed E-state index contributed by atoms with van der Waals surface area (Å²) in [5, 5.41) is 10.1. The molecule has 21 heavy (non-hydrogen) atoms. The van der Waals surface area contributed by atoms with Crippen LogP contribution in [0.25, 0.3) is 11.1 Å². The second-order valence-electron chi connectivity index (χ2n) is 5.14. The number of nitrogens with zero attached hydrogens (tertiary/aromatic N) is 2. The van der Waals surface area contributed by atoms with Crippen LogP contribution in [0.15, 0.2) is 35.1 Å². The first kappa shape index (κ1) is 13.8. The van der Waals surface area contributed by atoms with Gasteiger partial charge in [-0.3, -0.25) is 4.79 Å². The van der Waals surface area contributed by atoms with E-state index in [9.17, 15) is 9.90 Å². The minimum atomic E-state index is -0.361. The number of benzene rings is 1. The Morgan fingerprint density at radius 1 is 1.38 bits per heavy atom. The van der Waals surface area contributed by atoms with Crippen LogP contribution in [0.2, 0.25) is 0 Å². The number of H-pyrrole nitrogens is 1. The molecule has 0 bridgehead atoms. The van der Waals surface area contributed by atoms with Crippen LogP contribution in [0.5, 0.6) is 5.88 Å². The molecule has 1 fully saturated rings. The largest absolute Gasteiger partial charge is 0.493 e. The number of ether oxygens (including phenoxy) is 1. The quantitative estimate of drug-likeness (QED) is 0.866. The molecular formula is C15H17N3O3. The number of likely N-dealkylation sites (N-methyl/N-ethyl adjacent to an activating group) is 1. The zero-order valence-electron chi connectivity index (χ0n) is 11.7. The van der Waals surface area contributed by atoms with Gasteiger partial charge in [-0.1, -0.05) is 30.3 Å². The van der Waals surface area contributed by atoms with Gasteiger partial charge in [0.1, 0.15) is 17.5 Å². The van der Waals surface area contributed by atoms with Gasteiger partial charge in [0, 0.05) is 13.1 Å². The first-order chi connectivity index (χ1) is 10.1. The van der Waals surface area contributed by atoms with Crippen molar-refractivity contribution in [1.29, 1.82) is 0 Å². The predicted molar refractivity (Wildman–Crippen MR) is 78.1 cm³/mol. The Hall–Kier alpha value is -2.18. The average molecular weight is 287 g/mol. The number of rotatable bonds is 2. The number of morpholine rings is 1. The average Bonchev–Trinajstić information content (AvgIpc) is 2.47. The highest BCUT2D eigenvalue weighted by molar-refractivity contribution is 5.66. The smallest absolute Gasteiger partial charge is 0.262 e. The van der Waals surface area contributed by atoms with Crippen molar-refractivity contribution in [1.82, 2.24) is 14.9 Å².